The largest absolute Gasteiger partial charge is 0.507 e. The zero-order chi connectivity index (χ0) is 13.0. The maximum atomic E-state index is 10.6. The molecule has 0 saturated heterocycles. The van der Waals surface area contributed by atoms with Gasteiger partial charge in [-0.2, -0.15) is 0 Å². The number of aromatic nitrogens is 2. The highest BCUT2D eigenvalue weighted by Crippen LogP contribution is 2.39. The number of hydrogen-bond acceptors (Lipinski definition) is 3. The molecule has 0 bridgehead atoms. The van der Waals surface area contributed by atoms with E-state index in [4.69, 9.17) is 0 Å². The first-order valence-corrected chi connectivity index (χ1v) is 6.31. The first-order valence-electron chi connectivity index (χ1n) is 6.31. The number of pyridine rings is 1. The van der Waals surface area contributed by atoms with Crippen LogP contribution in [0.1, 0.15) is 11.3 Å². The Kier molecular flexibility index (Phi) is 1.98. The van der Waals surface area contributed by atoms with E-state index in [9.17, 15) is 5.11 Å². The number of phenolic OH excluding ortho intramolecular Hbond substituents is 1. The number of nitrogens with zero attached hydrogens (tertiary/aromatic N) is 3. The minimum Gasteiger partial charge on any atom is -0.507 e. The summed E-state index contributed by atoms with van der Waals surface area (Å²) < 4.78 is 2.16. The molecule has 94 valence electrons. The van der Waals surface area contributed by atoms with Crippen molar-refractivity contribution < 1.29 is 5.11 Å². The molecule has 1 aromatic carbocycles. The second-order valence-electron chi connectivity index (χ2n) is 4.93. The van der Waals surface area contributed by atoms with Crippen LogP contribution in [-0.4, -0.2) is 20.9 Å². The first-order chi connectivity index (χ1) is 9.27. The smallest absolute Gasteiger partial charge is 0.134 e. The van der Waals surface area contributed by atoms with E-state index in [0.717, 1.165) is 33.7 Å². The lowest BCUT2D eigenvalue weighted by atomic mass is 10.0. The van der Waals surface area contributed by atoms with Gasteiger partial charge >= 0.3 is 0 Å². The zero-order valence-electron chi connectivity index (χ0n) is 10.6. The van der Waals surface area contributed by atoms with Crippen LogP contribution < -0.4 is 0 Å². The summed E-state index contributed by atoms with van der Waals surface area (Å²) in [6.45, 7) is 0.645. The number of aliphatic imine (C=N–C) groups is 1. The third-order valence-electron chi connectivity index (χ3n) is 3.97. The van der Waals surface area contributed by atoms with E-state index in [2.05, 4.69) is 20.6 Å². The molecule has 1 N–H and O–H groups in total. The van der Waals surface area contributed by atoms with Gasteiger partial charge in [0.1, 0.15) is 5.75 Å². The quantitative estimate of drug-likeness (QED) is 0.667. The van der Waals surface area contributed by atoms with E-state index >= 15 is 0 Å². The fourth-order valence-corrected chi connectivity index (χ4v) is 3.00. The lowest BCUT2D eigenvalue weighted by Crippen LogP contribution is -2.03. The highest BCUT2D eigenvalue weighted by molar-refractivity contribution is 6.06. The Morgan fingerprint density at radius 3 is 3.16 bits per heavy atom. The molecule has 0 amide bonds. The monoisotopic (exact) mass is 251 g/mol. The molecule has 4 heteroatoms. The van der Waals surface area contributed by atoms with E-state index < -0.39 is 0 Å². The van der Waals surface area contributed by atoms with Gasteiger partial charge in [-0.25, -0.2) is 0 Å². The Labute approximate surface area is 110 Å². The summed E-state index contributed by atoms with van der Waals surface area (Å²) in [7, 11) is 2.05. The fourth-order valence-electron chi connectivity index (χ4n) is 3.00. The summed E-state index contributed by atoms with van der Waals surface area (Å²) in [6, 6.07) is 4.04. The summed E-state index contributed by atoms with van der Waals surface area (Å²) in [5.74, 6) is 0.328. The number of fused-ring (bicyclic) bond motifs is 4. The Morgan fingerprint density at radius 2 is 2.26 bits per heavy atom. The molecule has 2 aromatic heterocycles. The van der Waals surface area contributed by atoms with Crippen LogP contribution in [0.2, 0.25) is 0 Å². The molecule has 0 aliphatic carbocycles. The van der Waals surface area contributed by atoms with Crippen molar-refractivity contribution in [2.75, 3.05) is 0 Å². The van der Waals surface area contributed by atoms with Gasteiger partial charge in [-0.1, -0.05) is 0 Å². The van der Waals surface area contributed by atoms with Crippen molar-refractivity contribution in [2.24, 2.45) is 12.0 Å². The van der Waals surface area contributed by atoms with Crippen molar-refractivity contribution in [2.45, 2.75) is 13.0 Å². The van der Waals surface area contributed by atoms with E-state index in [1.807, 2.05) is 19.3 Å². The Bertz CT molecular complexity index is 846. The predicted molar refractivity (Wildman–Crippen MR) is 75.8 cm³/mol. The van der Waals surface area contributed by atoms with Crippen molar-refractivity contribution in [3.05, 3.63) is 35.8 Å². The summed E-state index contributed by atoms with van der Waals surface area (Å²) in [6.07, 6.45) is 6.24. The lowest BCUT2D eigenvalue weighted by molar-refractivity contribution is 0.487. The summed E-state index contributed by atoms with van der Waals surface area (Å²) in [5, 5.41) is 13.3. The molecule has 19 heavy (non-hydrogen) atoms. The van der Waals surface area contributed by atoms with Crippen LogP contribution in [0.25, 0.3) is 21.7 Å². The highest BCUT2D eigenvalue weighted by atomic mass is 16.3. The van der Waals surface area contributed by atoms with E-state index in [1.54, 1.807) is 12.4 Å². The number of aromatic hydroxyl groups is 1. The molecular weight excluding hydrogens is 238 g/mol. The van der Waals surface area contributed by atoms with Gasteiger partial charge in [0.05, 0.1) is 12.1 Å². The number of hydrogen-bond donors (Lipinski definition) is 1. The molecule has 0 fully saturated rings. The molecule has 0 radical (unpaired) electrons. The number of benzene rings is 1. The molecule has 3 heterocycles. The highest BCUT2D eigenvalue weighted by Gasteiger charge is 2.20. The van der Waals surface area contributed by atoms with Gasteiger partial charge < -0.3 is 9.67 Å². The van der Waals surface area contributed by atoms with Crippen LogP contribution in [0.15, 0.2) is 29.5 Å². The fraction of sp³-hybridized carbons (Fsp3) is 0.200. The van der Waals surface area contributed by atoms with E-state index in [1.165, 1.54) is 5.69 Å². The average molecular weight is 251 g/mol. The summed E-state index contributed by atoms with van der Waals surface area (Å²) >= 11 is 0. The number of phenols is 1. The van der Waals surface area contributed by atoms with Crippen molar-refractivity contribution >= 4 is 27.9 Å². The third-order valence-corrected chi connectivity index (χ3v) is 3.97. The molecule has 4 rings (SSSR count). The molecule has 3 aromatic rings. The van der Waals surface area contributed by atoms with Crippen molar-refractivity contribution in [3.63, 3.8) is 0 Å². The van der Waals surface area contributed by atoms with Crippen LogP contribution in [0, 0.1) is 0 Å². The first kappa shape index (κ1) is 10.6. The normalized spacial score (nSPS) is 14.2. The predicted octanol–water partition coefficient (Wildman–Crippen LogP) is 2.56. The molecule has 4 nitrogen and oxygen atoms in total. The third kappa shape index (κ3) is 1.28. The molecule has 0 atom stereocenters. The maximum absolute atomic E-state index is 10.6. The van der Waals surface area contributed by atoms with Gasteiger partial charge in [0, 0.05) is 54.1 Å². The van der Waals surface area contributed by atoms with Crippen LogP contribution in [0.5, 0.6) is 5.75 Å². The topological polar surface area (TPSA) is 50.4 Å². The van der Waals surface area contributed by atoms with Crippen molar-refractivity contribution in [1.29, 1.82) is 0 Å². The van der Waals surface area contributed by atoms with E-state index in [0.29, 0.717) is 12.3 Å². The van der Waals surface area contributed by atoms with Gasteiger partial charge in [-0.15, -0.1) is 0 Å². The van der Waals surface area contributed by atoms with Crippen molar-refractivity contribution in [1.82, 2.24) is 9.55 Å². The van der Waals surface area contributed by atoms with Gasteiger partial charge in [-0.3, -0.25) is 9.98 Å². The van der Waals surface area contributed by atoms with Crippen LogP contribution in [0.3, 0.4) is 0 Å². The van der Waals surface area contributed by atoms with Crippen molar-refractivity contribution in [3.8, 4) is 5.75 Å². The van der Waals surface area contributed by atoms with Crippen LogP contribution in [0.4, 0.5) is 0 Å². The molecule has 0 spiro atoms. The minimum absolute atomic E-state index is 0.328. The second kappa shape index (κ2) is 3.57. The molecular formula is C15H13N3O. The maximum Gasteiger partial charge on any atom is 0.134 e. The molecule has 0 unspecified atom stereocenters. The summed E-state index contributed by atoms with van der Waals surface area (Å²) in [4.78, 5) is 8.44. The van der Waals surface area contributed by atoms with Gasteiger partial charge in [0.25, 0.3) is 0 Å². The molecule has 0 saturated carbocycles. The Morgan fingerprint density at radius 1 is 1.37 bits per heavy atom. The average Bonchev–Trinajstić information content (AvgIpc) is 2.74. The number of rotatable bonds is 0. The van der Waals surface area contributed by atoms with Crippen LogP contribution >= 0.6 is 0 Å². The molecule has 1 aliphatic heterocycles. The molecule has 1 aliphatic rings. The van der Waals surface area contributed by atoms with Crippen LogP contribution in [-0.2, 0) is 20.0 Å². The standard InChI is InChI=1S/C15H13N3O/c1-18-12-3-5-17-8-11(12)14-13(18)6-9-2-4-16-7-10(9)15(14)19/h2,4-7,19H,3,8H2,1H3. The van der Waals surface area contributed by atoms with E-state index in [-0.39, 0.29) is 0 Å². The summed E-state index contributed by atoms with van der Waals surface area (Å²) in [5.41, 5.74) is 3.44. The van der Waals surface area contributed by atoms with Gasteiger partial charge in [0.2, 0.25) is 0 Å². The Balaban J connectivity index is 2.24. The van der Waals surface area contributed by atoms with Gasteiger partial charge in [0.15, 0.2) is 0 Å². The number of aryl methyl sites for hydroxylation is 1. The van der Waals surface area contributed by atoms with Gasteiger partial charge in [-0.05, 0) is 17.5 Å². The Hall–Kier alpha value is -2.36. The SMILES string of the molecule is Cn1c2c(c3c(O)c4cnccc4cc31)CN=CC2. The second-order valence-corrected chi connectivity index (χ2v) is 4.93. The lowest BCUT2D eigenvalue weighted by Gasteiger charge is -2.07. The zero-order valence-corrected chi connectivity index (χ0v) is 10.6. The minimum atomic E-state index is 0.328.